The maximum Gasteiger partial charge on any atom is 0.256 e. The molecule has 1 aliphatic heterocycles. The van der Waals surface area contributed by atoms with E-state index < -0.39 is 6.04 Å². The molecule has 1 fully saturated rings. The first-order chi connectivity index (χ1) is 14.1. The maximum atomic E-state index is 12.9. The lowest BCUT2D eigenvalue weighted by atomic mass is 10.2. The van der Waals surface area contributed by atoms with E-state index >= 15 is 0 Å². The van der Waals surface area contributed by atoms with Crippen molar-refractivity contribution >= 4 is 34.6 Å². The van der Waals surface area contributed by atoms with E-state index in [0.29, 0.717) is 16.5 Å². The van der Waals surface area contributed by atoms with Crippen LogP contribution in [0.25, 0.3) is 0 Å². The summed E-state index contributed by atoms with van der Waals surface area (Å²) in [7, 11) is 1.62. The third-order valence-corrected chi connectivity index (χ3v) is 5.17. The summed E-state index contributed by atoms with van der Waals surface area (Å²) in [5.74, 6) is 2.14. The summed E-state index contributed by atoms with van der Waals surface area (Å²) in [5.41, 5.74) is 1.56. The number of carbonyl (C=O) groups excluding carboxylic acids is 1. The second-order valence-corrected chi connectivity index (χ2v) is 6.97. The van der Waals surface area contributed by atoms with Gasteiger partial charge in [0.25, 0.3) is 5.91 Å². The van der Waals surface area contributed by atoms with Gasteiger partial charge in [-0.1, -0.05) is 18.2 Å². The van der Waals surface area contributed by atoms with Crippen LogP contribution in [-0.4, -0.2) is 24.2 Å². The molecule has 5 nitrogen and oxygen atoms in total. The van der Waals surface area contributed by atoms with Crippen molar-refractivity contribution in [3.63, 3.8) is 0 Å². The molecule has 1 heterocycles. The Morgan fingerprint density at radius 3 is 1.97 bits per heavy atom. The second-order valence-electron chi connectivity index (χ2n) is 6.61. The fourth-order valence-electron chi connectivity index (χ4n) is 3.27. The predicted molar refractivity (Wildman–Crippen MR) is 118 cm³/mol. The third kappa shape index (κ3) is 3.67. The first-order valence-electron chi connectivity index (χ1n) is 9.22. The highest BCUT2D eigenvalue weighted by Crippen LogP contribution is 2.32. The van der Waals surface area contributed by atoms with E-state index in [9.17, 15) is 4.79 Å². The minimum atomic E-state index is -0.392. The number of rotatable bonds is 5. The van der Waals surface area contributed by atoms with E-state index in [4.69, 9.17) is 21.7 Å². The number of thiocarbonyl (C=S) groups is 1. The summed E-state index contributed by atoms with van der Waals surface area (Å²) in [4.78, 5) is 16.4. The molecule has 1 saturated heterocycles. The summed E-state index contributed by atoms with van der Waals surface area (Å²) in [6, 6.07) is 24.0. The van der Waals surface area contributed by atoms with Crippen LogP contribution in [0.5, 0.6) is 17.2 Å². The highest BCUT2D eigenvalue weighted by molar-refractivity contribution is 7.81. The molecular formula is C23H20N2O3S. The molecule has 1 unspecified atom stereocenters. The van der Waals surface area contributed by atoms with Crippen molar-refractivity contribution in [1.82, 2.24) is 0 Å². The number of amides is 1. The summed E-state index contributed by atoms with van der Waals surface area (Å²) in [6.45, 7) is 1.85. The van der Waals surface area contributed by atoms with Crippen LogP contribution in [0.3, 0.4) is 0 Å². The number of anilines is 2. The topological polar surface area (TPSA) is 42.0 Å². The molecule has 1 aliphatic rings. The molecule has 0 aliphatic carbocycles. The number of nitrogens with zero attached hydrogens (tertiary/aromatic N) is 2. The van der Waals surface area contributed by atoms with Crippen LogP contribution in [0.4, 0.5) is 11.4 Å². The Balaban J connectivity index is 1.56. The molecule has 29 heavy (non-hydrogen) atoms. The Morgan fingerprint density at radius 2 is 1.34 bits per heavy atom. The maximum absolute atomic E-state index is 12.9. The minimum absolute atomic E-state index is 0.0671. The number of para-hydroxylation sites is 1. The van der Waals surface area contributed by atoms with Crippen LogP contribution < -0.4 is 19.3 Å². The van der Waals surface area contributed by atoms with Crippen LogP contribution in [0.15, 0.2) is 78.9 Å². The largest absolute Gasteiger partial charge is 0.497 e. The van der Waals surface area contributed by atoms with E-state index in [1.807, 2.05) is 90.7 Å². The van der Waals surface area contributed by atoms with Crippen LogP contribution in [0.2, 0.25) is 0 Å². The zero-order valence-corrected chi connectivity index (χ0v) is 16.9. The third-order valence-electron chi connectivity index (χ3n) is 4.79. The van der Waals surface area contributed by atoms with Gasteiger partial charge in [0.15, 0.2) is 5.11 Å². The number of carbonyl (C=O) groups is 1. The van der Waals surface area contributed by atoms with Gasteiger partial charge < -0.3 is 14.4 Å². The van der Waals surface area contributed by atoms with Crippen molar-refractivity contribution in [3.8, 4) is 17.2 Å². The molecule has 0 radical (unpaired) electrons. The average Bonchev–Trinajstić information content (AvgIpc) is 2.98. The van der Waals surface area contributed by atoms with E-state index in [0.717, 1.165) is 17.2 Å². The Hall–Kier alpha value is -3.38. The van der Waals surface area contributed by atoms with E-state index in [1.165, 1.54) is 0 Å². The number of hydrogen-bond acceptors (Lipinski definition) is 4. The highest BCUT2D eigenvalue weighted by atomic mass is 32.1. The van der Waals surface area contributed by atoms with Gasteiger partial charge >= 0.3 is 0 Å². The van der Waals surface area contributed by atoms with Crippen molar-refractivity contribution in [2.24, 2.45) is 0 Å². The summed E-state index contributed by atoms with van der Waals surface area (Å²) >= 11 is 5.65. The standard InChI is InChI=1S/C23H20N2O3S/c1-16-22(26)25(23(29)24(16)17-8-12-19(27-2)13-9-17)18-10-14-21(15-11-18)28-20-6-4-3-5-7-20/h3-16H,1-2H3. The molecule has 1 atom stereocenters. The number of hydrogen-bond donors (Lipinski definition) is 0. The molecule has 0 saturated carbocycles. The Morgan fingerprint density at radius 1 is 0.793 bits per heavy atom. The number of ether oxygens (including phenoxy) is 2. The van der Waals surface area contributed by atoms with E-state index in [2.05, 4.69) is 0 Å². The first-order valence-corrected chi connectivity index (χ1v) is 9.63. The van der Waals surface area contributed by atoms with Crippen LogP contribution >= 0.6 is 12.2 Å². The second kappa shape index (κ2) is 7.93. The van der Waals surface area contributed by atoms with Gasteiger partial charge in [-0.15, -0.1) is 0 Å². The minimum Gasteiger partial charge on any atom is -0.497 e. The van der Waals surface area contributed by atoms with Gasteiger partial charge in [0.2, 0.25) is 0 Å². The Bertz CT molecular complexity index is 1020. The zero-order chi connectivity index (χ0) is 20.4. The van der Waals surface area contributed by atoms with Gasteiger partial charge in [-0.3, -0.25) is 9.69 Å². The molecule has 0 N–H and O–H groups in total. The normalized spacial score (nSPS) is 16.3. The Labute approximate surface area is 175 Å². The quantitative estimate of drug-likeness (QED) is 0.559. The lowest BCUT2D eigenvalue weighted by Gasteiger charge is -2.22. The molecule has 0 bridgehead atoms. The SMILES string of the molecule is COc1ccc(N2C(=S)N(c3ccc(Oc4ccccc4)cc3)C(=O)C2C)cc1. The van der Waals surface area contributed by atoms with Crippen LogP contribution in [0.1, 0.15) is 6.92 Å². The first kappa shape index (κ1) is 19.0. The fraction of sp³-hybridized carbons (Fsp3) is 0.130. The van der Waals surface area contributed by atoms with Gasteiger partial charge in [0.05, 0.1) is 12.8 Å². The lowest BCUT2D eigenvalue weighted by Crippen LogP contribution is -2.33. The Kier molecular flexibility index (Phi) is 5.18. The van der Waals surface area contributed by atoms with Crippen molar-refractivity contribution in [1.29, 1.82) is 0 Å². The monoisotopic (exact) mass is 404 g/mol. The summed E-state index contributed by atoms with van der Waals surface area (Å²) in [5, 5.41) is 0.449. The van der Waals surface area contributed by atoms with Crippen LogP contribution in [0, 0.1) is 0 Å². The van der Waals surface area contributed by atoms with Gasteiger partial charge in [0, 0.05) is 5.69 Å². The predicted octanol–water partition coefficient (Wildman–Crippen LogP) is 5.01. The van der Waals surface area contributed by atoms with E-state index in [1.54, 1.807) is 12.0 Å². The highest BCUT2D eigenvalue weighted by Gasteiger charge is 2.41. The number of methoxy groups -OCH3 is 1. The van der Waals surface area contributed by atoms with Gasteiger partial charge in [0.1, 0.15) is 23.3 Å². The number of benzene rings is 3. The zero-order valence-electron chi connectivity index (χ0n) is 16.1. The molecule has 0 aromatic heterocycles. The van der Waals surface area contributed by atoms with Crippen LogP contribution in [-0.2, 0) is 4.79 Å². The molecule has 1 amide bonds. The molecule has 146 valence electrons. The molecule has 3 aromatic rings. The average molecular weight is 404 g/mol. The van der Waals surface area contributed by atoms with Crippen molar-refractivity contribution in [2.75, 3.05) is 16.9 Å². The molecule has 4 rings (SSSR count). The molecule has 3 aromatic carbocycles. The lowest BCUT2D eigenvalue weighted by molar-refractivity contribution is -0.117. The van der Waals surface area contributed by atoms with Gasteiger partial charge in [-0.05, 0) is 79.8 Å². The summed E-state index contributed by atoms with van der Waals surface area (Å²) < 4.78 is 11.0. The van der Waals surface area contributed by atoms with Crippen molar-refractivity contribution in [3.05, 3.63) is 78.9 Å². The van der Waals surface area contributed by atoms with Crippen molar-refractivity contribution < 1.29 is 14.3 Å². The van der Waals surface area contributed by atoms with Gasteiger partial charge in [-0.25, -0.2) is 0 Å². The van der Waals surface area contributed by atoms with Crippen molar-refractivity contribution in [2.45, 2.75) is 13.0 Å². The van der Waals surface area contributed by atoms with E-state index in [-0.39, 0.29) is 5.91 Å². The molecule has 0 spiro atoms. The molecule has 6 heteroatoms. The van der Waals surface area contributed by atoms with Gasteiger partial charge in [-0.2, -0.15) is 0 Å². The molecular weight excluding hydrogens is 384 g/mol. The smallest absolute Gasteiger partial charge is 0.256 e. The fourth-order valence-corrected chi connectivity index (χ4v) is 3.73. The summed E-state index contributed by atoms with van der Waals surface area (Å²) in [6.07, 6.45) is 0.